The van der Waals surface area contributed by atoms with E-state index in [9.17, 15) is 43.8 Å². The Balaban J connectivity index is 2.03. The topological polar surface area (TPSA) is 235 Å². The maximum Gasteiger partial charge on any atom is 0.326 e. The number of carboxylic acids is 1. The molecule has 1 heterocycles. The van der Waals surface area contributed by atoms with Crippen molar-refractivity contribution >= 4 is 41.5 Å². The summed E-state index contributed by atoms with van der Waals surface area (Å²) in [5.74, 6) is -5.30. The van der Waals surface area contributed by atoms with Crippen LogP contribution in [-0.4, -0.2) is 113 Å². The zero-order chi connectivity index (χ0) is 43.5. The molecule has 1 saturated heterocycles. The number of hydrogen-bond donors (Lipinski definition) is 8. The van der Waals surface area contributed by atoms with Gasteiger partial charge >= 0.3 is 12.0 Å². The van der Waals surface area contributed by atoms with Gasteiger partial charge in [0.2, 0.25) is 29.5 Å². The molecule has 2 aromatic rings. The van der Waals surface area contributed by atoms with Crippen LogP contribution in [-0.2, 0) is 41.6 Å². The Morgan fingerprint density at radius 1 is 0.780 bits per heavy atom. The third-order valence-electron chi connectivity index (χ3n) is 11.1. The van der Waals surface area contributed by atoms with Crippen LogP contribution in [0.25, 0.3) is 0 Å². The Labute approximate surface area is 347 Å². The number of nitrogens with zero attached hydrogens (tertiary/aromatic N) is 1. The average Bonchev–Trinajstić information content (AvgIpc) is 3.23. The summed E-state index contributed by atoms with van der Waals surface area (Å²) in [4.78, 5) is 96.4. The van der Waals surface area contributed by atoms with Crippen molar-refractivity contribution in [3.05, 3.63) is 71.8 Å². The van der Waals surface area contributed by atoms with Gasteiger partial charge in [-0.25, -0.2) is 9.59 Å². The molecule has 0 aliphatic carbocycles. The zero-order valence-electron chi connectivity index (χ0n) is 34.9. The lowest BCUT2D eigenvalue weighted by atomic mass is 9.96. The summed E-state index contributed by atoms with van der Waals surface area (Å²) in [6.45, 7) is 6.47. The monoisotopic (exact) mass is 821 g/mol. The second-order valence-electron chi connectivity index (χ2n) is 15.3. The molecule has 59 heavy (non-hydrogen) atoms. The summed E-state index contributed by atoms with van der Waals surface area (Å²) in [5, 5.41) is 35.9. The van der Waals surface area contributed by atoms with E-state index in [0.29, 0.717) is 38.5 Å². The van der Waals surface area contributed by atoms with Crippen molar-refractivity contribution in [1.82, 2.24) is 36.8 Å². The number of amides is 7. The van der Waals surface area contributed by atoms with Crippen LogP contribution in [0.1, 0.15) is 83.8 Å². The van der Waals surface area contributed by atoms with Gasteiger partial charge in [-0.3, -0.25) is 24.0 Å². The average molecular weight is 822 g/mol. The lowest BCUT2D eigenvalue weighted by molar-refractivity contribution is -0.143. The molecule has 1 aliphatic rings. The number of aliphatic hydroxyl groups excluding tert-OH is 1. The fraction of sp³-hybridized carbons (Fsp3) is 0.558. The molecule has 1 aliphatic heterocycles. The standard InChI is InChI=1S/C43H63N7O9/c1-6-27(3)35-40(55)45-32(23-21-29-16-10-8-11-17-29)41(56)50(5)34(24-22-30-18-12-9-13-19-30)39(54)46-33(26-51)37(52)44-25-15-14-20-31(38(53)48-35)47-43(59)49-36(42(57)58)28(4)7-2/h8-13,16-19,27-28,31-36,51H,6-7,14-15,20-26H2,1-5H3,(H,44,52)(H,45,55)(H,46,54)(H,48,53)(H,57,58)(H2,47,49,59)/t27-,28+,31+,32+,33-,34+,35-,36-/m0/s1. The van der Waals surface area contributed by atoms with Crippen molar-refractivity contribution in [3.63, 3.8) is 0 Å². The fourth-order valence-electron chi connectivity index (χ4n) is 6.84. The second-order valence-corrected chi connectivity index (χ2v) is 15.3. The molecular formula is C43H63N7O9. The van der Waals surface area contributed by atoms with Crippen LogP contribution in [0.5, 0.6) is 0 Å². The van der Waals surface area contributed by atoms with Gasteiger partial charge in [0.05, 0.1) is 6.61 Å². The molecule has 1 fully saturated rings. The van der Waals surface area contributed by atoms with Gasteiger partial charge in [-0.05, 0) is 67.9 Å². The van der Waals surface area contributed by atoms with Crippen LogP contribution >= 0.6 is 0 Å². The van der Waals surface area contributed by atoms with Crippen LogP contribution < -0.4 is 31.9 Å². The first-order chi connectivity index (χ1) is 28.2. The minimum atomic E-state index is -1.34. The van der Waals surface area contributed by atoms with E-state index in [1.54, 1.807) is 20.8 Å². The van der Waals surface area contributed by atoms with Crippen molar-refractivity contribution in [1.29, 1.82) is 0 Å². The van der Waals surface area contributed by atoms with Gasteiger partial charge < -0.3 is 47.0 Å². The minimum Gasteiger partial charge on any atom is -0.480 e. The highest BCUT2D eigenvalue weighted by atomic mass is 16.4. The number of nitrogens with one attached hydrogen (secondary N) is 6. The first-order valence-corrected chi connectivity index (χ1v) is 20.6. The molecule has 3 rings (SSSR count). The van der Waals surface area contributed by atoms with Crippen molar-refractivity contribution in [2.75, 3.05) is 20.2 Å². The summed E-state index contributed by atoms with van der Waals surface area (Å²) in [6.07, 6.45) is 2.69. The van der Waals surface area contributed by atoms with Gasteiger partial charge in [0.1, 0.15) is 36.3 Å². The molecule has 7 amide bonds. The number of likely N-dealkylation sites (N-methyl/N-ethyl adjacent to an activating group) is 1. The number of aryl methyl sites for hydroxylation is 2. The molecule has 8 N–H and O–H groups in total. The molecule has 8 atom stereocenters. The molecule has 0 bridgehead atoms. The van der Waals surface area contributed by atoms with E-state index in [1.165, 1.54) is 11.9 Å². The predicted octanol–water partition coefficient (Wildman–Crippen LogP) is 2.04. The van der Waals surface area contributed by atoms with Gasteiger partial charge in [0, 0.05) is 13.6 Å². The van der Waals surface area contributed by atoms with Crippen LogP contribution in [0.4, 0.5) is 4.79 Å². The van der Waals surface area contributed by atoms with E-state index < -0.39 is 96.2 Å². The number of hydrogen-bond acceptors (Lipinski definition) is 8. The minimum absolute atomic E-state index is 0.0529. The van der Waals surface area contributed by atoms with E-state index in [4.69, 9.17) is 0 Å². The number of urea groups is 1. The SMILES string of the molecule is CC[C@@H](C)[C@H](NC(=O)N[C@@H]1CCCCNC(=O)[C@H](CO)NC(=O)[C@@H](CCc2ccccc2)N(C)C(=O)[C@@H](CCc2ccccc2)NC(=O)[C@H]([C@@H](C)CC)NC1=O)C(=O)O. The summed E-state index contributed by atoms with van der Waals surface area (Å²) in [5.41, 5.74) is 1.82. The Morgan fingerprint density at radius 2 is 1.37 bits per heavy atom. The second kappa shape index (κ2) is 24.4. The van der Waals surface area contributed by atoms with E-state index in [-0.39, 0.29) is 25.8 Å². The van der Waals surface area contributed by atoms with Crippen molar-refractivity contribution in [3.8, 4) is 0 Å². The number of aliphatic carboxylic acids is 1. The van der Waals surface area contributed by atoms with Gasteiger partial charge in [0.15, 0.2) is 0 Å². The maximum atomic E-state index is 14.5. The molecule has 16 heteroatoms. The highest BCUT2D eigenvalue weighted by Gasteiger charge is 2.37. The smallest absolute Gasteiger partial charge is 0.326 e. The van der Waals surface area contributed by atoms with Gasteiger partial charge in [-0.1, -0.05) is 101 Å². The van der Waals surface area contributed by atoms with Gasteiger partial charge in [0.25, 0.3) is 0 Å². The molecule has 0 saturated carbocycles. The first kappa shape index (κ1) is 47.9. The van der Waals surface area contributed by atoms with Gasteiger partial charge in [-0.2, -0.15) is 0 Å². The molecule has 0 aromatic heterocycles. The zero-order valence-corrected chi connectivity index (χ0v) is 34.9. The lowest BCUT2D eigenvalue weighted by Crippen LogP contribution is -2.61. The number of carbonyl (C=O) groups excluding carboxylic acids is 6. The normalized spacial score (nSPS) is 23.1. The number of aliphatic hydroxyl groups is 1. The van der Waals surface area contributed by atoms with Crippen LogP contribution in [0.3, 0.4) is 0 Å². The Morgan fingerprint density at radius 3 is 1.93 bits per heavy atom. The Hall–Kier alpha value is -5.51. The van der Waals surface area contributed by atoms with Crippen molar-refractivity contribution < 1.29 is 43.8 Å². The van der Waals surface area contributed by atoms with E-state index in [2.05, 4.69) is 31.9 Å². The fourth-order valence-corrected chi connectivity index (χ4v) is 6.84. The molecule has 16 nitrogen and oxygen atoms in total. The number of carbonyl (C=O) groups is 7. The number of rotatable bonds is 14. The predicted molar refractivity (Wildman–Crippen MR) is 222 cm³/mol. The van der Waals surface area contributed by atoms with Crippen LogP contribution in [0.2, 0.25) is 0 Å². The summed E-state index contributed by atoms with van der Waals surface area (Å²) in [7, 11) is 1.46. The van der Waals surface area contributed by atoms with Crippen molar-refractivity contribution in [2.45, 2.75) is 122 Å². The molecule has 2 aromatic carbocycles. The molecule has 324 valence electrons. The maximum absolute atomic E-state index is 14.5. The van der Waals surface area contributed by atoms with Gasteiger partial charge in [-0.15, -0.1) is 0 Å². The summed E-state index contributed by atoms with van der Waals surface area (Å²) in [6, 6.07) is 10.7. The largest absolute Gasteiger partial charge is 0.480 e. The summed E-state index contributed by atoms with van der Waals surface area (Å²) < 4.78 is 0. The first-order valence-electron chi connectivity index (χ1n) is 20.6. The molecular weight excluding hydrogens is 759 g/mol. The third kappa shape index (κ3) is 15.0. The molecule has 0 spiro atoms. The van der Waals surface area contributed by atoms with E-state index in [0.717, 1.165) is 11.1 Å². The quantitative estimate of drug-likeness (QED) is 0.139. The highest BCUT2D eigenvalue weighted by Crippen LogP contribution is 2.17. The lowest BCUT2D eigenvalue weighted by Gasteiger charge is -2.33. The number of benzene rings is 2. The molecule has 0 radical (unpaired) electrons. The van der Waals surface area contributed by atoms with Crippen LogP contribution in [0.15, 0.2) is 60.7 Å². The van der Waals surface area contributed by atoms with E-state index >= 15 is 0 Å². The van der Waals surface area contributed by atoms with Crippen LogP contribution in [0, 0.1) is 11.8 Å². The highest BCUT2D eigenvalue weighted by molar-refractivity contribution is 5.96. The number of carboxylic acid groups (broad SMARTS) is 1. The molecule has 0 unspecified atom stereocenters. The van der Waals surface area contributed by atoms with E-state index in [1.807, 2.05) is 67.6 Å². The third-order valence-corrected chi connectivity index (χ3v) is 11.1. The Bertz CT molecular complexity index is 1700. The Kier molecular flexibility index (Phi) is 19.8. The van der Waals surface area contributed by atoms with Crippen molar-refractivity contribution in [2.24, 2.45) is 11.8 Å². The summed E-state index contributed by atoms with van der Waals surface area (Å²) >= 11 is 0.